The summed E-state index contributed by atoms with van der Waals surface area (Å²) in [6, 6.07) is 12.0. The van der Waals surface area contributed by atoms with E-state index in [1.807, 2.05) is 24.3 Å². The first-order valence-electron chi connectivity index (χ1n) is 8.72. The second-order valence-corrected chi connectivity index (χ2v) is 7.04. The van der Waals surface area contributed by atoms with E-state index in [1.165, 1.54) is 0 Å². The molecular weight excluding hydrogens is 346 g/mol. The SMILES string of the molecule is COc1ccc(-c2csc(=Nc3cccnc3)n2CC2CCCO2)cc1. The molecule has 0 N–H and O–H groups in total. The van der Waals surface area contributed by atoms with Crippen LogP contribution in [0.5, 0.6) is 5.75 Å². The Morgan fingerprint density at radius 2 is 2.19 bits per heavy atom. The zero-order valence-electron chi connectivity index (χ0n) is 14.7. The molecule has 1 aliphatic heterocycles. The van der Waals surface area contributed by atoms with Crippen LogP contribution in [0.1, 0.15) is 12.8 Å². The molecule has 0 saturated carbocycles. The van der Waals surface area contributed by atoms with Gasteiger partial charge in [0.05, 0.1) is 37.3 Å². The van der Waals surface area contributed by atoms with E-state index in [9.17, 15) is 0 Å². The number of hydrogen-bond acceptors (Lipinski definition) is 5. The summed E-state index contributed by atoms with van der Waals surface area (Å²) in [5.41, 5.74) is 3.15. The third-order valence-corrected chi connectivity index (χ3v) is 5.33. The maximum absolute atomic E-state index is 5.87. The van der Waals surface area contributed by atoms with Crippen molar-refractivity contribution in [2.45, 2.75) is 25.5 Å². The predicted octanol–water partition coefficient (Wildman–Crippen LogP) is 4.03. The Hall–Kier alpha value is -2.44. The molecule has 1 unspecified atom stereocenters. The van der Waals surface area contributed by atoms with E-state index < -0.39 is 0 Å². The Morgan fingerprint density at radius 3 is 2.88 bits per heavy atom. The van der Waals surface area contributed by atoms with Crippen LogP contribution in [0, 0.1) is 0 Å². The van der Waals surface area contributed by atoms with E-state index >= 15 is 0 Å². The van der Waals surface area contributed by atoms with Crippen LogP contribution >= 0.6 is 11.3 Å². The molecule has 4 rings (SSSR count). The van der Waals surface area contributed by atoms with Crippen LogP contribution in [0.15, 0.2) is 59.2 Å². The van der Waals surface area contributed by atoms with E-state index in [4.69, 9.17) is 14.5 Å². The first-order chi connectivity index (χ1) is 12.8. The van der Waals surface area contributed by atoms with Gasteiger partial charge in [-0.25, -0.2) is 4.99 Å². The number of hydrogen-bond donors (Lipinski definition) is 0. The number of pyridine rings is 1. The molecule has 1 saturated heterocycles. The number of aromatic nitrogens is 2. The van der Waals surface area contributed by atoms with Crippen LogP contribution in [0.25, 0.3) is 11.3 Å². The minimum Gasteiger partial charge on any atom is -0.497 e. The maximum Gasteiger partial charge on any atom is 0.190 e. The largest absolute Gasteiger partial charge is 0.497 e. The van der Waals surface area contributed by atoms with Crippen molar-refractivity contribution in [3.63, 3.8) is 0 Å². The van der Waals surface area contributed by atoms with E-state index in [0.717, 1.165) is 53.5 Å². The van der Waals surface area contributed by atoms with Gasteiger partial charge in [-0.2, -0.15) is 0 Å². The van der Waals surface area contributed by atoms with Crippen molar-refractivity contribution in [3.05, 3.63) is 59.0 Å². The van der Waals surface area contributed by atoms with Gasteiger partial charge < -0.3 is 14.0 Å². The van der Waals surface area contributed by atoms with Gasteiger partial charge in [-0.1, -0.05) is 0 Å². The number of benzene rings is 1. The molecule has 5 nitrogen and oxygen atoms in total. The van der Waals surface area contributed by atoms with Gasteiger partial charge in [0.1, 0.15) is 5.75 Å². The van der Waals surface area contributed by atoms with Crippen molar-refractivity contribution >= 4 is 17.0 Å². The van der Waals surface area contributed by atoms with Gasteiger partial charge in [-0.15, -0.1) is 11.3 Å². The second-order valence-electron chi connectivity index (χ2n) is 6.20. The van der Waals surface area contributed by atoms with E-state index in [1.54, 1.807) is 30.8 Å². The molecule has 0 aliphatic carbocycles. The monoisotopic (exact) mass is 367 g/mol. The fourth-order valence-electron chi connectivity index (χ4n) is 3.11. The Bertz CT molecular complexity index is 910. The summed E-state index contributed by atoms with van der Waals surface area (Å²) in [4.78, 5) is 9.92. The average molecular weight is 367 g/mol. The molecule has 1 aliphatic rings. The van der Waals surface area contributed by atoms with Gasteiger partial charge in [0.25, 0.3) is 0 Å². The lowest BCUT2D eigenvalue weighted by Crippen LogP contribution is -2.24. The van der Waals surface area contributed by atoms with Gasteiger partial charge in [0.15, 0.2) is 4.80 Å². The van der Waals surface area contributed by atoms with Gasteiger partial charge in [-0.05, 0) is 54.8 Å². The molecule has 0 bridgehead atoms. The van der Waals surface area contributed by atoms with Crippen molar-refractivity contribution in [2.24, 2.45) is 4.99 Å². The van der Waals surface area contributed by atoms with Crippen LogP contribution in [-0.2, 0) is 11.3 Å². The highest BCUT2D eigenvalue weighted by Crippen LogP contribution is 2.25. The molecular formula is C20H21N3O2S. The molecule has 2 aromatic heterocycles. The van der Waals surface area contributed by atoms with Crippen LogP contribution < -0.4 is 9.54 Å². The van der Waals surface area contributed by atoms with Crippen LogP contribution in [-0.4, -0.2) is 29.4 Å². The number of rotatable bonds is 5. The number of methoxy groups -OCH3 is 1. The Labute approximate surface area is 156 Å². The van der Waals surface area contributed by atoms with Crippen molar-refractivity contribution < 1.29 is 9.47 Å². The minimum absolute atomic E-state index is 0.245. The average Bonchev–Trinajstić information content (AvgIpc) is 3.34. The lowest BCUT2D eigenvalue weighted by Gasteiger charge is -2.14. The molecule has 0 amide bonds. The van der Waals surface area contributed by atoms with Crippen molar-refractivity contribution in [3.8, 4) is 17.0 Å². The fraction of sp³-hybridized carbons (Fsp3) is 0.300. The highest BCUT2D eigenvalue weighted by molar-refractivity contribution is 7.07. The smallest absolute Gasteiger partial charge is 0.190 e. The molecule has 26 heavy (non-hydrogen) atoms. The Kier molecular flexibility index (Phi) is 5.13. The van der Waals surface area contributed by atoms with Crippen LogP contribution in [0.3, 0.4) is 0 Å². The van der Waals surface area contributed by atoms with Crippen LogP contribution in [0.2, 0.25) is 0 Å². The quantitative estimate of drug-likeness (QED) is 0.684. The molecule has 0 spiro atoms. The summed E-state index contributed by atoms with van der Waals surface area (Å²) in [5, 5.41) is 2.16. The molecule has 3 heterocycles. The molecule has 1 aromatic carbocycles. The molecule has 134 valence electrons. The number of ether oxygens (including phenoxy) is 2. The summed E-state index contributed by atoms with van der Waals surface area (Å²) in [6.45, 7) is 1.66. The lowest BCUT2D eigenvalue weighted by molar-refractivity contribution is 0.0968. The van der Waals surface area contributed by atoms with E-state index in [0.29, 0.717) is 0 Å². The van der Waals surface area contributed by atoms with Crippen molar-refractivity contribution in [1.29, 1.82) is 0 Å². The van der Waals surface area contributed by atoms with E-state index in [-0.39, 0.29) is 6.10 Å². The van der Waals surface area contributed by atoms with Crippen molar-refractivity contribution in [2.75, 3.05) is 13.7 Å². The van der Waals surface area contributed by atoms with Gasteiger partial charge in [-0.3, -0.25) is 4.98 Å². The third-order valence-electron chi connectivity index (χ3n) is 4.46. The predicted molar refractivity (Wildman–Crippen MR) is 103 cm³/mol. The second kappa shape index (κ2) is 7.85. The first kappa shape index (κ1) is 17.0. The Balaban J connectivity index is 1.76. The van der Waals surface area contributed by atoms with Gasteiger partial charge in [0.2, 0.25) is 0 Å². The fourth-order valence-corrected chi connectivity index (χ4v) is 4.05. The molecule has 6 heteroatoms. The summed E-state index contributed by atoms with van der Waals surface area (Å²) >= 11 is 1.64. The van der Waals surface area contributed by atoms with Gasteiger partial charge >= 0.3 is 0 Å². The first-order valence-corrected chi connectivity index (χ1v) is 9.60. The Morgan fingerprint density at radius 1 is 1.31 bits per heavy atom. The standard InChI is InChI=1S/C20H21N3O2S/c1-24-17-8-6-15(7-9-17)19-14-26-20(22-16-4-2-10-21-12-16)23(19)13-18-5-3-11-25-18/h2,4,6-10,12,14,18H,3,5,11,13H2,1H3. The molecule has 1 atom stereocenters. The van der Waals surface area contributed by atoms with Crippen molar-refractivity contribution in [1.82, 2.24) is 9.55 Å². The van der Waals surface area contributed by atoms with E-state index in [2.05, 4.69) is 27.1 Å². The number of thiazole rings is 1. The lowest BCUT2D eigenvalue weighted by atomic mass is 10.1. The van der Waals surface area contributed by atoms with Crippen LogP contribution in [0.4, 0.5) is 5.69 Å². The summed E-state index contributed by atoms with van der Waals surface area (Å²) in [6.07, 6.45) is 6.01. The minimum atomic E-state index is 0.245. The highest BCUT2D eigenvalue weighted by atomic mass is 32.1. The topological polar surface area (TPSA) is 48.6 Å². The van der Waals surface area contributed by atoms with Gasteiger partial charge in [0, 0.05) is 18.2 Å². The third kappa shape index (κ3) is 3.71. The molecule has 0 radical (unpaired) electrons. The zero-order valence-corrected chi connectivity index (χ0v) is 15.5. The molecule has 3 aromatic rings. The summed E-state index contributed by atoms with van der Waals surface area (Å²) in [5.74, 6) is 0.856. The summed E-state index contributed by atoms with van der Waals surface area (Å²) in [7, 11) is 1.68. The normalized spacial score (nSPS) is 17.6. The number of nitrogens with zero attached hydrogens (tertiary/aromatic N) is 3. The molecule has 1 fully saturated rings. The highest BCUT2D eigenvalue weighted by Gasteiger charge is 2.19. The zero-order chi connectivity index (χ0) is 17.8. The maximum atomic E-state index is 5.87. The summed E-state index contributed by atoms with van der Waals surface area (Å²) < 4.78 is 13.4.